The van der Waals surface area contributed by atoms with Gasteiger partial charge in [0.05, 0.1) is 12.2 Å². The molecule has 5 nitrogen and oxygen atoms in total. The second-order valence-corrected chi connectivity index (χ2v) is 4.62. The van der Waals surface area contributed by atoms with Crippen molar-refractivity contribution in [1.29, 1.82) is 0 Å². The van der Waals surface area contributed by atoms with Crippen LogP contribution >= 0.6 is 0 Å². The molecule has 1 aliphatic heterocycles. The Labute approximate surface area is 116 Å². The SMILES string of the molecule is O=C(O)N1CCc2nc(C=Cc3ccccc3)oc2C1. The molecule has 2 aromatic rings. The molecule has 0 saturated carbocycles. The summed E-state index contributed by atoms with van der Waals surface area (Å²) in [4.78, 5) is 16.6. The maximum Gasteiger partial charge on any atom is 0.407 e. The van der Waals surface area contributed by atoms with Crippen molar-refractivity contribution in [2.75, 3.05) is 6.54 Å². The monoisotopic (exact) mass is 270 g/mol. The number of fused-ring (bicyclic) bond motifs is 1. The zero-order valence-corrected chi connectivity index (χ0v) is 10.8. The van der Waals surface area contributed by atoms with E-state index in [0.717, 1.165) is 11.3 Å². The zero-order chi connectivity index (χ0) is 13.9. The highest BCUT2D eigenvalue weighted by molar-refractivity contribution is 5.67. The number of carbonyl (C=O) groups is 1. The van der Waals surface area contributed by atoms with Crippen LogP contribution in [0.25, 0.3) is 12.2 Å². The minimum Gasteiger partial charge on any atom is -0.465 e. The summed E-state index contributed by atoms with van der Waals surface area (Å²) in [5.41, 5.74) is 1.92. The van der Waals surface area contributed by atoms with Crippen molar-refractivity contribution in [3.63, 3.8) is 0 Å². The average Bonchev–Trinajstić information content (AvgIpc) is 2.88. The van der Waals surface area contributed by atoms with Gasteiger partial charge in [-0.3, -0.25) is 0 Å². The molecule has 0 aliphatic carbocycles. The fourth-order valence-electron chi connectivity index (χ4n) is 2.18. The van der Waals surface area contributed by atoms with Crippen molar-refractivity contribution in [3.05, 3.63) is 53.2 Å². The number of nitrogens with zero attached hydrogens (tertiary/aromatic N) is 2. The third kappa shape index (κ3) is 2.56. The lowest BCUT2D eigenvalue weighted by Crippen LogP contribution is -2.34. The molecule has 5 heteroatoms. The summed E-state index contributed by atoms with van der Waals surface area (Å²) in [7, 11) is 0. The molecule has 0 saturated heterocycles. The van der Waals surface area contributed by atoms with Crippen molar-refractivity contribution in [2.24, 2.45) is 0 Å². The van der Waals surface area contributed by atoms with Gasteiger partial charge >= 0.3 is 6.09 Å². The van der Waals surface area contributed by atoms with Crippen molar-refractivity contribution in [1.82, 2.24) is 9.88 Å². The molecule has 1 amide bonds. The summed E-state index contributed by atoms with van der Waals surface area (Å²) in [6.45, 7) is 0.744. The summed E-state index contributed by atoms with van der Waals surface area (Å²) in [6, 6.07) is 9.87. The van der Waals surface area contributed by atoms with Crippen LogP contribution in [-0.4, -0.2) is 27.6 Å². The first-order chi connectivity index (χ1) is 9.72. The van der Waals surface area contributed by atoms with Crippen LogP contribution in [0.4, 0.5) is 4.79 Å². The Morgan fingerprint density at radius 3 is 2.85 bits per heavy atom. The molecule has 3 rings (SSSR count). The molecule has 102 valence electrons. The van der Waals surface area contributed by atoms with Gasteiger partial charge in [-0.25, -0.2) is 9.78 Å². The fourth-order valence-corrected chi connectivity index (χ4v) is 2.18. The topological polar surface area (TPSA) is 66.6 Å². The molecule has 1 N–H and O–H groups in total. The van der Waals surface area contributed by atoms with Gasteiger partial charge in [0.1, 0.15) is 5.76 Å². The standard InChI is InChI=1S/C15H14N2O3/c18-15(19)17-9-8-12-13(10-17)20-14(16-12)7-6-11-4-2-1-3-5-11/h1-7H,8-10H2,(H,18,19). The highest BCUT2D eigenvalue weighted by Gasteiger charge is 2.24. The molecule has 1 aliphatic rings. The number of amides is 1. The highest BCUT2D eigenvalue weighted by Crippen LogP contribution is 2.21. The maximum atomic E-state index is 10.9. The number of oxazole rings is 1. The quantitative estimate of drug-likeness (QED) is 0.911. The number of rotatable bonds is 2. The second kappa shape index (κ2) is 5.21. The maximum absolute atomic E-state index is 10.9. The van der Waals surface area contributed by atoms with Crippen LogP contribution in [0.15, 0.2) is 34.7 Å². The van der Waals surface area contributed by atoms with Crippen molar-refractivity contribution >= 4 is 18.2 Å². The van der Waals surface area contributed by atoms with Crippen LogP contribution in [-0.2, 0) is 13.0 Å². The Bertz CT molecular complexity index is 646. The van der Waals surface area contributed by atoms with Crippen LogP contribution in [0.2, 0.25) is 0 Å². The first kappa shape index (κ1) is 12.5. The van der Waals surface area contributed by atoms with E-state index in [9.17, 15) is 4.79 Å². The highest BCUT2D eigenvalue weighted by atomic mass is 16.4. The largest absolute Gasteiger partial charge is 0.465 e. The van der Waals surface area contributed by atoms with Crippen LogP contribution in [0.5, 0.6) is 0 Å². The van der Waals surface area contributed by atoms with Crippen molar-refractivity contribution in [2.45, 2.75) is 13.0 Å². The van der Waals surface area contributed by atoms with Gasteiger partial charge in [-0.15, -0.1) is 0 Å². The summed E-state index contributed by atoms with van der Waals surface area (Å²) in [5.74, 6) is 1.16. The molecule has 0 radical (unpaired) electrons. The van der Waals surface area contributed by atoms with E-state index in [2.05, 4.69) is 4.98 Å². The van der Waals surface area contributed by atoms with E-state index in [4.69, 9.17) is 9.52 Å². The molecule has 1 aromatic heterocycles. The molecular formula is C15H14N2O3. The van der Waals surface area contributed by atoms with E-state index in [-0.39, 0.29) is 6.54 Å². The smallest absolute Gasteiger partial charge is 0.407 e. The van der Waals surface area contributed by atoms with E-state index in [1.54, 1.807) is 6.08 Å². The number of carboxylic acid groups (broad SMARTS) is 1. The molecule has 2 heterocycles. The van der Waals surface area contributed by atoms with Crippen LogP contribution in [0.1, 0.15) is 22.9 Å². The third-order valence-electron chi connectivity index (χ3n) is 3.24. The fraction of sp³-hybridized carbons (Fsp3) is 0.200. The van der Waals surface area contributed by atoms with Gasteiger partial charge in [-0.1, -0.05) is 30.3 Å². The summed E-state index contributed by atoms with van der Waals surface area (Å²) < 4.78 is 5.61. The van der Waals surface area contributed by atoms with Gasteiger partial charge in [-0.05, 0) is 11.6 Å². The lowest BCUT2D eigenvalue weighted by atomic mass is 10.2. The Morgan fingerprint density at radius 1 is 1.30 bits per heavy atom. The molecule has 1 aromatic carbocycles. The van der Waals surface area contributed by atoms with Gasteiger partial charge in [-0.2, -0.15) is 0 Å². The first-order valence-electron chi connectivity index (χ1n) is 6.42. The Balaban J connectivity index is 1.77. The van der Waals surface area contributed by atoms with Crippen molar-refractivity contribution in [3.8, 4) is 0 Å². The van der Waals surface area contributed by atoms with Crippen LogP contribution in [0.3, 0.4) is 0 Å². The minimum atomic E-state index is -0.923. The second-order valence-electron chi connectivity index (χ2n) is 4.62. The Morgan fingerprint density at radius 2 is 2.10 bits per heavy atom. The molecule has 20 heavy (non-hydrogen) atoms. The predicted octanol–water partition coefficient (Wildman–Crippen LogP) is 2.88. The van der Waals surface area contributed by atoms with Crippen LogP contribution in [0, 0.1) is 0 Å². The summed E-state index contributed by atoms with van der Waals surface area (Å²) in [6.07, 6.45) is 3.41. The van der Waals surface area contributed by atoms with Crippen LogP contribution < -0.4 is 0 Å². The van der Waals surface area contributed by atoms with Gasteiger partial charge in [0, 0.05) is 19.0 Å². The van der Waals surface area contributed by atoms with Crippen molar-refractivity contribution < 1.29 is 14.3 Å². The molecule has 0 spiro atoms. The minimum absolute atomic E-state index is 0.275. The van der Waals surface area contributed by atoms with E-state index < -0.39 is 6.09 Å². The molecular weight excluding hydrogens is 256 g/mol. The van der Waals surface area contributed by atoms with E-state index in [1.807, 2.05) is 36.4 Å². The van der Waals surface area contributed by atoms with E-state index in [1.165, 1.54) is 4.90 Å². The normalized spacial score (nSPS) is 14.5. The third-order valence-corrected chi connectivity index (χ3v) is 3.24. The average molecular weight is 270 g/mol. The predicted molar refractivity (Wildman–Crippen MR) is 74.0 cm³/mol. The van der Waals surface area contributed by atoms with E-state index >= 15 is 0 Å². The van der Waals surface area contributed by atoms with Gasteiger partial charge in [0.2, 0.25) is 5.89 Å². The van der Waals surface area contributed by atoms with E-state index in [0.29, 0.717) is 24.6 Å². The zero-order valence-electron chi connectivity index (χ0n) is 10.8. The molecule has 0 unspecified atom stereocenters. The number of hydrogen-bond acceptors (Lipinski definition) is 3. The molecule has 0 bridgehead atoms. The summed E-state index contributed by atoms with van der Waals surface area (Å²) in [5, 5.41) is 8.97. The first-order valence-corrected chi connectivity index (χ1v) is 6.42. The molecule has 0 atom stereocenters. The Hall–Kier alpha value is -2.56. The number of aromatic nitrogens is 1. The Kier molecular flexibility index (Phi) is 3.25. The summed E-state index contributed by atoms with van der Waals surface area (Å²) >= 11 is 0. The molecule has 0 fully saturated rings. The van der Waals surface area contributed by atoms with Gasteiger partial charge in [0.25, 0.3) is 0 Å². The van der Waals surface area contributed by atoms with Gasteiger partial charge < -0.3 is 14.4 Å². The lowest BCUT2D eigenvalue weighted by Gasteiger charge is -2.21. The number of hydrogen-bond donors (Lipinski definition) is 1. The van der Waals surface area contributed by atoms with Gasteiger partial charge in [0.15, 0.2) is 0 Å². The number of benzene rings is 1. The lowest BCUT2D eigenvalue weighted by molar-refractivity contribution is 0.135.